The highest BCUT2D eigenvalue weighted by molar-refractivity contribution is 6.30. The van der Waals surface area contributed by atoms with Gasteiger partial charge in [0.1, 0.15) is 12.4 Å². The number of benzene rings is 2. The molecule has 0 amide bonds. The molecule has 0 radical (unpaired) electrons. The number of hydrogen-bond donors (Lipinski definition) is 2. The molecule has 2 aromatic carbocycles. The molecule has 206 valence electrons. The molecule has 1 fully saturated rings. The zero-order valence-corrected chi connectivity index (χ0v) is 24.3. The second kappa shape index (κ2) is 10.4. The van der Waals surface area contributed by atoms with E-state index in [2.05, 4.69) is 35.9 Å². The average molecular weight is 547 g/mol. The van der Waals surface area contributed by atoms with Gasteiger partial charge in [-0.3, -0.25) is 4.98 Å². The van der Waals surface area contributed by atoms with E-state index in [9.17, 15) is 10.2 Å². The van der Waals surface area contributed by atoms with Crippen molar-refractivity contribution in [3.63, 3.8) is 0 Å². The second-order valence-corrected chi connectivity index (χ2v) is 12.6. The number of halogens is 1. The monoisotopic (exact) mass is 546 g/mol. The van der Waals surface area contributed by atoms with E-state index in [0.29, 0.717) is 18.1 Å². The molecule has 1 atom stereocenters. The second-order valence-electron chi connectivity index (χ2n) is 12.2. The lowest BCUT2D eigenvalue weighted by molar-refractivity contribution is -0.125. The molecule has 3 aromatic rings. The summed E-state index contributed by atoms with van der Waals surface area (Å²) in [5.74, 6) is 0.801. The Bertz CT molecular complexity index is 1410. The Labute approximate surface area is 237 Å². The van der Waals surface area contributed by atoms with Crippen LogP contribution in [0.1, 0.15) is 74.0 Å². The van der Waals surface area contributed by atoms with Gasteiger partial charge < -0.3 is 19.8 Å². The molecule has 3 heterocycles. The molecule has 0 bridgehead atoms. The van der Waals surface area contributed by atoms with Crippen molar-refractivity contribution in [2.75, 3.05) is 19.6 Å². The highest BCUT2D eigenvalue weighted by atomic mass is 35.5. The van der Waals surface area contributed by atoms with E-state index in [-0.39, 0.29) is 5.41 Å². The lowest BCUT2D eigenvalue weighted by Crippen LogP contribution is -2.55. The van der Waals surface area contributed by atoms with Gasteiger partial charge in [0.15, 0.2) is 0 Å². The number of rotatable bonds is 5. The van der Waals surface area contributed by atoms with Gasteiger partial charge in [-0.05, 0) is 86.2 Å². The number of likely N-dealkylation sites (tertiary alicyclic amines) is 1. The van der Waals surface area contributed by atoms with Gasteiger partial charge in [0.25, 0.3) is 0 Å². The van der Waals surface area contributed by atoms with Crippen LogP contribution in [0, 0.1) is 12.3 Å². The first kappa shape index (κ1) is 27.9. The first-order valence-corrected chi connectivity index (χ1v) is 14.1. The van der Waals surface area contributed by atoms with Crippen LogP contribution in [0.25, 0.3) is 5.57 Å². The van der Waals surface area contributed by atoms with Crippen LogP contribution in [0.3, 0.4) is 0 Å². The summed E-state index contributed by atoms with van der Waals surface area (Å²) < 4.78 is 6.15. The maximum absolute atomic E-state index is 11.9. The largest absolute Gasteiger partial charge is 0.487 e. The van der Waals surface area contributed by atoms with E-state index >= 15 is 0 Å². The predicted octanol–water partition coefficient (Wildman–Crippen LogP) is 6.60. The smallest absolute Gasteiger partial charge is 0.131 e. The molecule has 6 heteroatoms. The molecule has 5 nitrogen and oxygen atoms in total. The topological polar surface area (TPSA) is 65.8 Å². The molecule has 39 heavy (non-hydrogen) atoms. The molecule has 2 N–H and O–H groups in total. The SMILES string of the molecule is Cc1cc(Cl)ccc1C1(O)CCN(CC/C=C2\c3cc(C(C)(C)O)ccc3OCc3ncccc32)CC1(C)C. The standard InChI is InChI=1S/C33H39ClN2O3/c1-22-18-24(34)11-12-28(22)33(38)14-17-36(21-31(33,2)3)16-7-9-25-26-8-6-15-35-29(26)20-39-30-13-10-23(19-27(25)30)32(4,5)37/h6,8-13,15,18-19,37-38H,7,14,16-17,20-21H2,1-5H3/b25-9-. The third-order valence-corrected chi connectivity index (χ3v) is 8.71. The number of ether oxygens (including phenoxy) is 1. The number of piperidine rings is 1. The highest BCUT2D eigenvalue weighted by Gasteiger charge is 2.49. The summed E-state index contributed by atoms with van der Waals surface area (Å²) in [5.41, 5.74) is 4.69. The summed E-state index contributed by atoms with van der Waals surface area (Å²) in [6, 6.07) is 15.8. The predicted molar refractivity (Wildman–Crippen MR) is 157 cm³/mol. The van der Waals surface area contributed by atoms with Crippen molar-refractivity contribution in [3.05, 3.63) is 99.3 Å². The first-order valence-electron chi connectivity index (χ1n) is 13.7. The van der Waals surface area contributed by atoms with Gasteiger partial charge in [-0.2, -0.15) is 0 Å². The number of fused-ring (bicyclic) bond motifs is 2. The number of aliphatic hydroxyl groups is 2. The van der Waals surface area contributed by atoms with E-state index in [1.54, 1.807) is 20.0 Å². The Morgan fingerprint density at radius 1 is 1.13 bits per heavy atom. The Morgan fingerprint density at radius 3 is 2.64 bits per heavy atom. The fourth-order valence-corrected chi connectivity index (χ4v) is 6.38. The zero-order valence-electron chi connectivity index (χ0n) is 23.6. The minimum Gasteiger partial charge on any atom is -0.487 e. The number of nitrogens with zero attached hydrogens (tertiary/aromatic N) is 2. The van der Waals surface area contributed by atoms with Crippen LogP contribution in [0.2, 0.25) is 5.02 Å². The summed E-state index contributed by atoms with van der Waals surface area (Å²) >= 11 is 6.20. The third kappa shape index (κ3) is 5.38. The number of aryl methyl sites for hydroxylation is 1. The van der Waals surface area contributed by atoms with Crippen LogP contribution in [0.5, 0.6) is 5.75 Å². The van der Waals surface area contributed by atoms with Crippen LogP contribution in [-0.2, 0) is 17.8 Å². The summed E-state index contributed by atoms with van der Waals surface area (Å²) in [6.07, 6.45) is 5.58. The lowest BCUT2D eigenvalue weighted by Gasteiger charge is -2.51. The van der Waals surface area contributed by atoms with Gasteiger partial charge in [-0.1, -0.05) is 49.7 Å². The van der Waals surface area contributed by atoms with Crippen molar-refractivity contribution in [2.45, 2.75) is 65.3 Å². The summed E-state index contributed by atoms with van der Waals surface area (Å²) in [6.45, 7) is 12.8. The van der Waals surface area contributed by atoms with E-state index in [0.717, 1.165) is 70.9 Å². The summed E-state index contributed by atoms with van der Waals surface area (Å²) in [4.78, 5) is 7.04. The number of pyridine rings is 1. The first-order chi connectivity index (χ1) is 18.4. The Balaban J connectivity index is 1.40. The number of aromatic nitrogens is 1. The van der Waals surface area contributed by atoms with Gasteiger partial charge >= 0.3 is 0 Å². The molecule has 0 aliphatic carbocycles. The minimum absolute atomic E-state index is 0.335. The summed E-state index contributed by atoms with van der Waals surface area (Å²) in [7, 11) is 0. The van der Waals surface area contributed by atoms with E-state index < -0.39 is 11.2 Å². The normalized spacial score (nSPS) is 22.1. The van der Waals surface area contributed by atoms with E-state index in [1.165, 1.54) is 0 Å². The van der Waals surface area contributed by atoms with Crippen molar-refractivity contribution in [3.8, 4) is 5.75 Å². The fraction of sp³-hybridized carbons (Fsp3) is 0.424. The van der Waals surface area contributed by atoms with Crippen molar-refractivity contribution in [1.82, 2.24) is 9.88 Å². The van der Waals surface area contributed by atoms with Crippen LogP contribution >= 0.6 is 11.6 Å². The maximum atomic E-state index is 11.9. The van der Waals surface area contributed by atoms with Crippen molar-refractivity contribution >= 4 is 17.2 Å². The molecular formula is C33H39ClN2O3. The van der Waals surface area contributed by atoms with Gasteiger partial charge in [0, 0.05) is 47.4 Å². The van der Waals surface area contributed by atoms with E-state index in [4.69, 9.17) is 16.3 Å². The molecule has 0 spiro atoms. The van der Waals surface area contributed by atoms with Crippen LogP contribution in [-0.4, -0.2) is 39.7 Å². The molecular weight excluding hydrogens is 508 g/mol. The molecule has 5 rings (SSSR count). The van der Waals surface area contributed by atoms with Gasteiger partial charge in [0.2, 0.25) is 0 Å². The van der Waals surface area contributed by atoms with Crippen LogP contribution in [0.4, 0.5) is 0 Å². The maximum Gasteiger partial charge on any atom is 0.131 e. The fourth-order valence-electron chi connectivity index (χ4n) is 6.16. The third-order valence-electron chi connectivity index (χ3n) is 8.48. The van der Waals surface area contributed by atoms with Gasteiger partial charge in [-0.25, -0.2) is 0 Å². The molecule has 1 aromatic heterocycles. The minimum atomic E-state index is -0.956. The summed E-state index contributed by atoms with van der Waals surface area (Å²) in [5, 5.41) is 23.3. The van der Waals surface area contributed by atoms with Crippen LogP contribution in [0.15, 0.2) is 60.8 Å². The molecule has 0 saturated carbocycles. The number of hydrogen-bond acceptors (Lipinski definition) is 5. The quantitative estimate of drug-likeness (QED) is 0.377. The Hall–Kier alpha value is -2.70. The van der Waals surface area contributed by atoms with Crippen molar-refractivity contribution < 1.29 is 14.9 Å². The Morgan fingerprint density at radius 2 is 1.92 bits per heavy atom. The molecule has 2 aliphatic heterocycles. The lowest BCUT2D eigenvalue weighted by atomic mass is 9.65. The average Bonchev–Trinajstić information content (AvgIpc) is 3.02. The van der Waals surface area contributed by atoms with E-state index in [1.807, 2.05) is 49.4 Å². The highest BCUT2D eigenvalue weighted by Crippen LogP contribution is 2.47. The molecule has 2 aliphatic rings. The van der Waals surface area contributed by atoms with Gasteiger partial charge in [-0.15, -0.1) is 0 Å². The van der Waals surface area contributed by atoms with Crippen molar-refractivity contribution in [2.24, 2.45) is 5.41 Å². The Kier molecular flexibility index (Phi) is 7.40. The molecule has 1 unspecified atom stereocenters. The zero-order chi connectivity index (χ0) is 28.0. The van der Waals surface area contributed by atoms with Crippen molar-refractivity contribution in [1.29, 1.82) is 0 Å². The van der Waals surface area contributed by atoms with Crippen LogP contribution < -0.4 is 4.74 Å². The molecule has 1 saturated heterocycles. The van der Waals surface area contributed by atoms with Gasteiger partial charge in [0.05, 0.1) is 16.9 Å².